The maximum absolute atomic E-state index is 5.83. The summed E-state index contributed by atoms with van der Waals surface area (Å²) in [5, 5.41) is 1.06. The summed E-state index contributed by atoms with van der Waals surface area (Å²) in [6, 6.07) is 16.5. The van der Waals surface area contributed by atoms with Crippen molar-refractivity contribution >= 4 is 33.2 Å². The van der Waals surface area contributed by atoms with Gasteiger partial charge in [-0.05, 0) is 17.7 Å². The Bertz CT molecular complexity index is 646. The molecule has 84 valence electrons. The Hall–Kier alpha value is -1.38. The van der Waals surface area contributed by atoms with Gasteiger partial charge in [-0.2, -0.15) is 0 Å². The molecule has 0 N–H and O–H groups in total. The second-order valence-electron chi connectivity index (χ2n) is 3.82. The minimum absolute atomic E-state index is 0.536. The van der Waals surface area contributed by atoms with Crippen LogP contribution in [0.25, 0.3) is 20.8 Å². The van der Waals surface area contributed by atoms with Crippen molar-refractivity contribution in [3.05, 3.63) is 54.1 Å². The molecule has 0 spiro atoms. The average Bonchev–Trinajstić information content (AvgIpc) is 2.82. The van der Waals surface area contributed by atoms with Crippen LogP contribution in [0.3, 0.4) is 0 Å². The van der Waals surface area contributed by atoms with E-state index < -0.39 is 0 Å². The first-order valence-electron chi connectivity index (χ1n) is 5.37. The number of hydrogen-bond acceptors (Lipinski definition) is 2. The lowest BCUT2D eigenvalue weighted by Gasteiger charge is -1.93. The van der Waals surface area contributed by atoms with E-state index in [9.17, 15) is 0 Å². The molecular weight excluding hydrogens is 250 g/mol. The molecule has 3 rings (SSSR count). The molecule has 0 amide bonds. The van der Waals surface area contributed by atoms with Crippen molar-refractivity contribution in [3.8, 4) is 10.6 Å². The third-order valence-electron chi connectivity index (χ3n) is 2.63. The lowest BCUT2D eigenvalue weighted by Crippen LogP contribution is -1.77. The Morgan fingerprint density at radius 2 is 1.88 bits per heavy atom. The standard InChI is InChI=1S/C14H10ClNS/c15-9-10-6-7-13-12(8-10)16-14(17-13)11-4-2-1-3-5-11/h1-8H,9H2. The molecular formula is C14H10ClNS. The molecule has 1 aromatic heterocycles. The first-order chi connectivity index (χ1) is 8.36. The molecule has 3 heteroatoms. The molecule has 0 bridgehead atoms. The van der Waals surface area contributed by atoms with E-state index in [0.29, 0.717) is 5.88 Å². The molecule has 0 aliphatic rings. The maximum atomic E-state index is 5.83. The third kappa shape index (κ3) is 2.06. The Morgan fingerprint density at radius 3 is 2.65 bits per heavy atom. The lowest BCUT2D eigenvalue weighted by molar-refractivity contribution is 1.40. The smallest absolute Gasteiger partial charge is 0.124 e. The molecule has 17 heavy (non-hydrogen) atoms. The summed E-state index contributed by atoms with van der Waals surface area (Å²) in [6.45, 7) is 0. The van der Waals surface area contributed by atoms with Crippen molar-refractivity contribution in [2.45, 2.75) is 5.88 Å². The highest BCUT2D eigenvalue weighted by atomic mass is 35.5. The molecule has 1 nitrogen and oxygen atoms in total. The zero-order valence-electron chi connectivity index (χ0n) is 9.06. The summed E-state index contributed by atoms with van der Waals surface area (Å²) in [5.41, 5.74) is 3.32. The fraction of sp³-hybridized carbons (Fsp3) is 0.0714. The minimum Gasteiger partial charge on any atom is -0.236 e. The predicted molar refractivity (Wildman–Crippen MR) is 74.6 cm³/mol. The van der Waals surface area contributed by atoms with Crippen LogP contribution in [-0.2, 0) is 5.88 Å². The number of halogens is 1. The normalized spacial score (nSPS) is 10.9. The molecule has 0 aliphatic carbocycles. The molecule has 0 saturated carbocycles. The first-order valence-corrected chi connectivity index (χ1v) is 6.73. The van der Waals surface area contributed by atoms with Crippen LogP contribution < -0.4 is 0 Å². The Kier molecular flexibility index (Phi) is 2.83. The quantitative estimate of drug-likeness (QED) is 0.608. The van der Waals surface area contributed by atoms with Crippen LogP contribution in [0.4, 0.5) is 0 Å². The summed E-state index contributed by atoms with van der Waals surface area (Å²) in [7, 11) is 0. The number of aromatic nitrogens is 1. The largest absolute Gasteiger partial charge is 0.236 e. The maximum Gasteiger partial charge on any atom is 0.124 e. The van der Waals surface area contributed by atoms with Crippen molar-refractivity contribution in [2.24, 2.45) is 0 Å². The molecule has 3 aromatic rings. The highest BCUT2D eigenvalue weighted by Crippen LogP contribution is 2.30. The Labute approximate surface area is 109 Å². The first kappa shape index (κ1) is 10.8. The van der Waals surface area contributed by atoms with E-state index in [2.05, 4.69) is 35.3 Å². The number of fused-ring (bicyclic) bond motifs is 1. The van der Waals surface area contributed by atoms with Crippen LogP contribution in [-0.4, -0.2) is 4.98 Å². The van der Waals surface area contributed by atoms with Crippen molar-refractivity contribution in [1.29, 1.82) is 0 Å². The summed E-state index contributed by atoms with van der Waals surface area (Å²) >= 11 is 7.54. The predicted octanol–water partition coefficient (Wildman–Crippen LogP) is 4.70. The van der Waals surface area contributed by atoms with Crippen LogP contribution in [0, 0.1) is 0 Å². The summed E-state index contributed by atoms with van der Waals surface area (Å²) in [4.78, 5) is 4.65. The van der Waals surface area contributed by atoms with Gasteiger partial charge in [-0.1, -0.05) is 36.4 Å². The number of thiazole rings is 1. The van der Waals surface area contributed by atoms with E-state index in [0.717, 1.165) is 16.1 Å². The van der Waals surface area contributed by atoms with Crippen LogP contribution >= 0.6 is 22.9 Å². The highest BCUT2D eigenvalue weighted by Gasteiger charge is 2.06. The molecule has 0 unspecified atom stereocenters. The number of benzene rings is 2. The van der Waals surface area contributed by atoms with Gasteiger partial charge in [-0.15, -0.1) is 22.9 Å². The minimum atomic E-state index is 0.536. The van der Waals surface area contributed by atoms with E-state index in [-0.39, 0.29) is 0 Å². The molecule has 0 aliphatic heterocycles. The molecule has 0 saturated heterocycles. The number of nitrogens with zero attached hydrogens (tertiary/aromatic N) is 1. The molecule has 0 fully saturated rings. The summed E-state index contributed by atoms with van der Waals surface area (Å²) in [6.07, 6.45) is 0. The molecule has 1 heterocycles. The third-order valence-corrected chi connectivity index (χ3v) is 4.02. The van der Waals surface area contributed by atoms with Crippen LogP contribution in [0.15, 0.2) is 48.5 Å². The van der Waals surface area contributed by atoms with E-state index in [4.69, 9.17) is 11.6 Å². The van der Waals surface area contributed by atoms with Crippen molar-refractivity contribution in [3.63, 3.8) is 0 Å². The van der Waals surface area contributed by atoms with Crippen molar-refractivity contribution in [1.82, 2.24) is 4.98 Å². The van der Waals surface area contributed by atoms with E-state index >= 15 is 0 Å². The van der Waals surface area contributed by atoms with Gasteiger partial charge in [0.05, 0.1) is 10.2 Å². The van der Waals surface area contributed by atoms with Gasteiger partial charge in [0.2, 0.25) is 0 Å². The van der Waals surface area contributed by atoms with Gasteiger partial charge in [0.1, 0.15) is 5.01 Å². The van der Waals surface area contributed by atoms with E-state index in [1.54, 1.807) is 11.3 Å². The second kappa shape index (κ2) is 4.47. The Balaban J connectivity index is 2.14. The highest BCUT2D eigenvalue weighted by molar-refractivity contribution is 7.21. The topological polar surface area (TPSA) is 12.9 Å². The van der Waals surface area contributed by atoms with Gasteiger partial charge in [0.15, 0.2) is 0 Å². The summed E-state index contributed by atoms with van der Waals surface area (Å²) in [5.74, 6) is 0.536. The van der Waals surface area contributed by atoms with Crippen LogP contribution in [0.1, 0.15) is 5.56 Å². The monoisotopic (exact) mass is 259 g/mol. The summed E-state index contributed by atoms with van der Waals surface area (Å²) < 4.78 is 1.21. The zero-order chi connectivity index (χ0) is 11.7. The van der Waals surface area contributed by atoms with Crippen molar-refractivity contribution in [2.75, 3.05) is 0 Å². The van der Waals surface area contributed by atoms with Gasteiger partial charge in [-0.3, -0.25) is 0 Å². The number of alkyl halides is 1. The van der Waals surface area contributed by atoms with E-state index in [1.807, 2.05) is 18.2 Å². The van der Waals surface area contributed by atoms with Gasteiger partial charge >= 0.3 is 0 Å². The lowest BCUT2D eigenvalue weighted by atomic mass is 10.2. The zero-order valence-corrected chi connectivity index (χ0v) is 10.6. The Morgan fingerprint density at radius 1 is 1.06 bits per heavy atom. The van der Waals surface area contributed by atoms with E-state index in [1.165, 1.54) is 10.3 Å². The van der Waals surface area contributed by atoms with Gasteiger partial charge in [0.25, 0.3) is 0 Å². The van der Waals surface area contributed by atoms with Gasteiger partial charge < -0.3 is 0 Å². The van der Waals surface area contributed by atoms with Crippen molar-refractivity contribution < 1.29 is 0 Å². The fourth-order valence-corrected chi connectivity index (χ4v) is 2.88. The fourth-order valence-electron chi connectivity index (χ4n) is 1.76. The number of hydrogen-bond donors (Lipinski definition) is 0. The second-order valence-corrected chi connectivity index (χ2v) is 5.12. The average molecular weight is 260 g/mol. The van der Waals surface area contributed by atoms with Gasteiger partial charge in [-0.25, -0.2) is 4.98 Å². The number of rotatable bonds is 2. The SMILES string of the molecule is ClCc1ccc2sc(-c3ccccc3)nc2c1. The molecule has 0 atom stereocenters. The van der Waals surface area contributed by atoms with Crippen LogP contribution in [0.2, 0.25) is 0 Å². The molecule has 0 radical (unpaired) electrons. The van der Waals surface area contributed by atoms with Crippen LogP contribution in [0.5, 0.6) is 0 Å². The molecule has 2 aromatic carbocycles. The van der Waals surface area contributed by atoms with Gasteiger partial charge in [0, 0.05) is 11.4 Å².